The van der Waals surface area contributed by atoms with Crippen LogP contribution in [0.25, 0.3) is 0 Å². The van der Waals surface area contributed by atoms with Gasteiger partial charge in [-0.15, -0.1) is 0 Å². The maximum atomic E-state index is 15.0. The maximum Gasteiger partial charge on any atom is 0.272 e. The molecule has 0 saturated carbocycles. The number of nitrogens with zero attached hydrogens (tertiary/aromatic N) is 4. The van der Waals surface area contributed by atoms with E-state index < -0.39 is 18.1 Å². The van der Waals surface area contributed by atoms with Crippen molar-refractivity contribution in [2.45, 2.75) is 38.0 Å². The Labute approximate surface area is 250 Å². The summed E-state index contributed by atoms with van der Waals surface area (Å²) in [6.45, 7) is 2.27. The van der Waals surface area contributed by atoms with E-state index in [1.807, 2.05) is 17.0 Å². The van der Waals surface area contributed by atoms with Crippen LogP contribution in [0.4, 0.5) is 4.39 Å². The van der Waals surface area contributed by atoms with Gasteiger partial charge in [0.1, 0.15) is 17.6 Å². The molecule has 0 spiro atoms. The Hall–Kier alpha value is -4.62. The Morgan fingerprint density at radius 1 is 0.977 bits per heavy atom. The van der Waals surface area contributed by atoms with Crippen LogP contribution in [-0.2, 0) is 6.54 Å². The van der Waals surface area contributed by atoms with Gasteiger partial charge in [0.05, 0.1) is 30.3 Å². The van der Waals surface area contributed by atoms with Gasteiger partial charge < -0.3 is 15.0 Å². The molecule has 2 atom stereocenters. The normalized spacial score (nSPS) is 19.3. The predicted molar refractivity (Wildman–Crippen MR) is 157 cm³/mol. The van der Waals surface area contributed by atoms with Gasteiger partial charge in [-0.1, -0.05) is 12.1 Å². The van der Waals surface area contributed by atoms with E-state index in [1.54, 1.807) is 48.4 Å². The van der Waals surface area contributed by atoms with E-state index in [0.717, 1.165) is 5.56 Å². The molecule has 10 heteroatoms. The first kappa shape index (κ1) is 29.9. The Balaban J connectivity index is 1.09. The summed E-state index contributed by atoms with van der Waals surface area (Å²) in [6.07, 6.45) is 1.70. The second-order valence-electron chi connectivity index (χ2n) is 11.0. The number of ether oxygens (including phenoxy) is 1. The fourth-order valence-electron chi connectivity index (χ4n) is 5.62. The third-order valence-corrected chi connectivity index (χ3v) is 8.20. The van der Waals surface area contributed by atoms with Crippen LogP contribution in [0.3, 0.4) is 0 Å². The summed E-state index contributed by atoms with van der Waals surface area (Å²) in [5.74, 6) is -0.0788. The molecule has 0 bridgehead atoms. The Bertz CT molecular complexity index is 1480. The number of likely N-dealkylation sites (tertiary alicyclic amines) is 2. The number of benzene rings is 2. The molecule has 5 rings (SSSR count). The Morgan fingerprint density at radius 3 is 2.28 bits per heavy atom. The van der Waals surface area contributed by atoms with Crippen LogP contribution < -0.4 is 10.1 Å². The molecule has 9 nitrogen and oxygen atoms in total. The Kier molecular flexibility index (Phi) is 9.42. The molecule has 1 unspecified atom stereocenters. The average Bonchev–Trinajstić information content (AvgIpc) is 3.06. The number of alkyl halides is 1. The minimum Gasteiger partial charge on any atom is -0.497 e. The van der Waals surface area contributed by atoms with E-state index in [-0.39, 0.29) is 35.4 Å². The molecular weight excluding hydrogens is 549 g/mol. The van der Waals surface area contributed by atoms with E-state index >= 15 is 0 Å². The van der Waals surface area contributed by atoms with Crippen molar-refractivity contribution < 1.29 is 23.5 Å². The third kappa shape index (κ3) is 7.24. The average molecular weight is 584 g/mol. The monoisotopic (exact) mass is 583 g/mol. The number of aromatic nitrogens is 1. The van der Waals surface area contributed by atoms with Crippen LogP contribution in [0.5, 0.6) is 5.75 Å². The van der Waals surface area contributed by atoms with Gasteiger partial charge in [0.15, 0.2) is 5.78 Å². The van der Waals surface area contributed by atoms with Crippen molar-refractivity contribution >= 4 is 17.6 Å². The van der Waals surface area contributed by atoms with Crippen LogP contribution in [0.15, 0.2) is 66.9 Å². The standard InChI is InChI=1S/C33H34FN5O4/c1-43-27-9-6-24(7-10-27)31(40)25-12-16-39(17-13-25)33(42)30-11-8-26(19-36-30)32(41)37-29-14-15-38(21-28(29)34)20-23-4-2-22(18-35)3-5-23/h2-11,19,25,28-29H,12-17,20-21H2,1H3,(H,37,41)/t28?,29-/m1/s1. The van der Waals surface area contributed by atoms with E-state index in [1.165, 1.54) is 18.3 Å². The lowest BCUT2D eigenvalue weighted by molar-refractivity contribution is 0.0645. The molecule has 2 aromatic carbocycles. The molecule has 2 aliphatic heterocycles. The van der Waals surface area contributed by atoms with Crippen LogP contribution in [-0.4, -0.2) is 77.9 Å². The predicted octanol–water partition coefficient (Wildman–Crippen LogP) is 4.04. The number of hydrogen-bond donors (Lipinski definition) is 1. The van der Waals surface area contributed by atoms with Crippen molar-refractivity contribution in [2.24, 2.45) is 5.92 Å². The van der Waals surface area contributed by atoms with Gasteiger partial charge in [0.25, 0.3) is 11.8 Å². The minimum atomic E-state index is -1.23. The summed E-state index contributed by atoms with van der Waals surface area (Å²) in [6, 6.07) is 18.8. The van der Waals surface area contributed by atoms with Crippen molar-refractivity contribution in [3.8, 4) is 11.8 Å². The lowest BCUT2D eigenvalue weighted by Crippen LogP contribution is -2.52. The first-order chi connectivity index (χ1) is 20.8. The van der Waals surface area contributed by atoms with E-state index in [0.29, 0.717) is 62.3 Å². The van der Waals surface area contributed by atoms with Crippen molar-refractivity contribution in [3.05, 3.63) is 94.8 Å². The number of piperidine rings is 2. The highest BCUT2D eigenvalue weighted by Gasteiger charge is 2.31. The number of pyridine rings is 1. The molecule has 2 saturated heterocycles. The zero-order valence-electron chi connectivity index (χ0n) is 24.0. The molecule has 3 aromatic rings. The largest absolute Gasteiger partial charge is 0.497 e. The fraction of sp³-hybridized carbons (Fsp3) is 0.364. The molecule has 2 amide bonds. The Morgan fingerprint density at radius 2 is 1.67 bits per heavy atom. The van der Waals surface area contributed by atoms with E-state index in [9.17, 15) is 18.8 Å². The molecule has 2 fully saturated rings. The van der Waals surface area contributed by atoms with Gasteiger partial charge in [-0.25, -0.2) is 4.39 Å². The maximum absolute atomic E-state index is 15.0. The van der Waals surface area contributed by atoms with Gasteiger partial charge in [-0.05, 0) is 73.4 Å². The summed E-state index contributed by atoms with van der Waals surface area (Å²) in [7, 11) is 1.58. The topological polar surface area (TPSA) is 116 Å². The van der Waals surface area contributed by atoms with Gasteiger partial charge in [0.2, 0.25) is 0 Å². The van der Waals surface area contributed by atoms with Crippen LogP contribution in [0, 0.1) is 17.2 Å². The second-order valence-corrected chi connectivity index (χ2v) is 11.0. The van der Waals surface area contributed by atoms with E-state index in [2.05, 4.69) is 16.4 Å². The lowest BCUT2D eigenvalue weighted by Gasteiger charge is -2.35. The zero-order chi connectivity index (χ0) is 30.3. The highest BCUT2D eigenvalue weighted by molar-refractivity contribution is 5.99. The quantitative estimate of drug-likeness (QED) is 0.398. The van der Waals surface area contributed by atoms with Gasteiger partial charge in [-0.2, -0.15) is 5.26 Å². The molecule has 43 heavy (non-hydrogen) atoms. The smallest absolute Gasteiger partial charge is 0.272 e. The minimum absolute atomic E-state index is 0.0655. The molecule has 3 heterocycles. The molecule has 2 aliphatic rings. The number of hydrogen-bond acceptors (Lipinski definition) is 7. The molecule has 1 N–H and O–H groups in total. The van der Waals surface area contributed by atoms with Crippen molar-refractivity contribution in [1.29, 1.82) is 5.26 Å². The SMILES string of the molecule is COc1ccc(C(=O)C2CCN(C(=O)c3ccc(C(=O)N[C@@H]4CCN(Cc5ccc(C#N)cc5)CC4F)cn3)CC2)cc1. The van der Waals surface area contributed by atoms with Gasteiger partial charge in [-0.3, -0.25) is 24.3 Å². The molecular formula is C33H34FN5O4. The summed E-state index contributed by atoms with van der Waals surface area (Å²) in [4.78, 5) is 46.7. The number of halogens is 1. The zero-order valence-corrected chi connectivity index (χ0v) is 24.0. The number of ketones is 1. The van der Waals surface area contributed by atoms with Crippen LogP contribution in [0.2, 0.25) is 0 Å². The first-order valence-corrected chi connectivity index (χ1v) is 14.4. The first-order valence-electron chi connectivity index (χ1n) is 14.4. The number of Topliss-reactive ketones (excluding diaryl/α,β-unsaturated/α-hetero) is 1. The highest BCUT2D eigenvalue weighted by Crippen LogP contribution is 2.24. The van der Waals surface area contributed by atoms with Crippen LogP contribution >= 0.6 is 0 Å². The molecule has 0 aliphatic carbocycles. The summed E-state index contributed by atoms with van der Waals surface area (Å²) < 4.78 is 20.1. The van der Waals surface area contributed by atoms with Gasteiger partial charge in [0, 0.05) is 50.4 Å². The van der Waals surface area contributed by atoms with Crippen LogP contribution in [0.1, 0.15) is 61.6 Å². The molecule has 1 aromatic heterocycles. The number of methoxy groups -OCH3 is 1. The van der Waals surface area contributed by atoms with Crippen molar-refractivity contribution in [3.63, 3.8) is 0 Å². The lowest BCUT2D eigenvalue weighted by atomic mass is 9.88. The number of rotatable bonds is 8. The summed E-state index contributed by atoms with van der Waals surface area (Å²) in [5, 5.41) is 11.7. The fourth-order valence-corrected chi connectivity index (χ4v) is 5.62. The number of amides is 2. The number of carbonyl (C=O) groups excluding carboxylic acids is 3. The number of nitriles is 1. The summed E-state index contributed by atoms with van der Waals surface area (Å²) >= 11 is 0. The molecule has 222 valence electrons. The highest BCUT2D eigenvalue weighted by atomic mass is 19.1. The summed E-state index contributed by atoms with van der Waals surface area (Å²) in [5.41, 5.74) is 2.69. The van der Waals surface area contributed by atoms with Gasteiger partial charge >= 0.3 is 0 Å². The third-order valence-electron chi connectivity index (χ3n) is 8.20. The number of nitrogens with one attached hydrogen (secondary N) is 1. The second kappa shape index (κ2) is 13.6. The van der Waals surface area contributed by atoms with Crippen molar-refractivity contribution in [2.75, 3.05) is 33.3 Å². The van der Waals surface area contributed by atoms with E-state index in [4.69, 9.17) is 10.00 Å². The number of carbonyl (C=O) groups is 3. The van der Waals surface area contributed by atoms with Crippen molar-refractivity contribution in [1.82, 2.24) is 20.1 Å². The molecule has 0 radical (unpaired) electrons.